The maximum absolute atomic E-state index is 11.8. The molecule has 2 rings (SSSR count). The van der Waals surface area contributed by atoms with Crippen LogP contribution < -0.4 is 5.32 Å². The van der Waals surface area contributed by atoms with Gasteiger partial charge in [0.1, 0.15) is 12.7 Å². The van der Waals surface area contributed by atoms with Crippen LogP contribution in [0, 0.1) is 6.92 Å². The van der Waals surface area contributed by atoms with E-state index in [1.165, 1.54) is 6.33 Å². The van der Waals surface area contributed by atoms with Gasteiger partial charge in [-0.05, 0) is 34.5 Å². The number of halogens is 1. The quantitative estimate of drug-likeness (QED) is 0.943. The molecule has 0 aliphatic carbocycles. The molecular weight excluding hydrogens is 296 g/mol. The summed E-state index contributed by atoms with van der Waals surface area (Å²) in [5, 5.41) is 6.81. The summed E-state index contributed by atoms with van der Waals surface area (Å²) in [6.45, 7) is 2.50. The third-order valence-corrected chi connectivity index (χ3v) is 3.55. The molecule has 1 aromatic carbocycles. The minimum absolute atomic E-state index is 0.0446. The molecule has 0 spiro atoms. The third kappa shape index (κ3) is 3.16. The lowest BCUT2D eigenvalue weighted by atomic mass is 10.2. The van der Waals surface area contributed by atoms with Gasteiger partial charge in [-0.15, -0.1) is 0 Å². The van der Waals surface area contributed by atoms with Gasteiger partial charge in [-0.2, -0.15) is 5.10 Å². The third-order valence-electron chi connectivity index (χ3n) is 2.50. The Morgan fingerprint density at radius 1 is 1.50 bits per heavy atom. The van der Waals surface area contributed by atoms with Crippen molar-refractivity contribution in [2.75, 3.05) is 5.32 Å². The number of hydrogen-bond donors (Lipinski definition) is 1. The van der Waals surface area contributed by atoms with Crippen molar-refractivity contribution in [3.63, 3.8) is 0 Å². The summed E-state index contributed by atoms with van der Waals surface area (Å²) < 4.78 is 2.55. The van der Waals surface area contributed by atoms with Crippen LogP contribution in [0.15, 0.2) is 35.3 Å². The highest BCUT2D eigenvalue weighted by atomic mass is 79.9. The lowest BCUT2D eigenvalue weighted by Crippen LogP contribution is -2.15. The Kier molecular flexibility index (Phi) is 4.09. The Morgan fingerprint density at radius 2 is 2.33 bits per heavy atom. The van der Waals surface area contributed by atoms with Gasteiger partial charge in [0.2, 0.25) is 5.91 Å². The Balaban J connectivity index is 1.93. The summed E-state index contributed by atoms with van der Waals surface area (Å²) in [7, 11) is 0. The van der Waals surface area contributed by atoms with Crippen molar-refractivity contribution >= 4 is 27.5 Å². The van der Waals surface area contributed by atoms with Gasteiger partial charge in [0.05, 0.1) is 12.2 Å². The molecule has 94 valence electrons. The van der Waals surface area contributed by atoms with Gasteiger partial charge in [0.25, 0.3) is 0 Å². The minimum atomic E-state index is -0.0446. The van der Waals surface area contributed by atoms with E-state index < -0.39 is 0 Å². The van der Waals surface area contributed by atoms with Gasteiger partial charge >= 0.3 is 0 Å². The second-order valence-corrected chi connectivity index (χ2v) is 4.69. The zero-order valence-electron chi connectivity index (χ0n) is 9.93. The lowest BCUT2D eigenvalue weighted by Gasteiger charge is -2.09. The fraction of sp³-hybridized carbons (Fsp3) is 0.250. The Bertz CT molecular complexity index is 539. The van der Waals surface area contributed by atoms with Crippen molar-refractivity contribution in [2.45, 2.75) is 19.9 Å². The van der Waals surface area contributed by atoms with Gasteiger partial charge in [-0.1, -0.05) is 12.1 Å². The average Bonchev–Trinajstić information content (AvgIpc) is 2.86. The molecule has 0 aliphatic heterocycles. The van der Waals surface area contributed by atoms with Crippen LogP contribution in [-0.4, -0.2) is 20.7 Å². The largest absolute Gasteiger partial charge is 0.325 e. The average molecular weight is 309 g/mol. The fourth-order valence-corrected chi connectivity index (χ4v) is 1.88. The number of aromatic nitrogens is 3. The first-order valence-corrected chi connectivity index (χ1v) is 6.33. The molecule has 0 saturated carbocycles. The predicted molar refractivity (Wildman–Crippen MR) is 72.1 cm³/mol. The molecule has 0 atom stereocenters. The summed E-state index contributed by atoms with van der Waals surface area (Å²) in [5.41, 5.74) is 1.88. The second kappa shape index (κ2) is 5.77. The number of aryl methyl sites for hydroxylation is 2. The predicted octanol–water partition coefficient (Wildman–Crippen LogP) is 2.38. The molecular formula is C12H13BrN4O. The van der Waals surface area contributed by atoms with Gasteiger partial charge in [0.15, 0.2) is 0 Å². The van der Waals surface area contributed by atoms with Crippen LogP contribution >= 0.6 is 15.9 Å². The Labute approximate surface area is 113 Å². The molecule has 1 aromatic heterocycles. The van der Waals surface area contributed by atoms with Gasteiger partial charge in [-0.25, -0.2) is 4.98 Å². The molecule has 2 aromatic rings. The van der Waals surface area contributed by atoms with Crippen LogP contribution in [0.2, 0.25) is 0 Å². The molecule has 18 heavy (non-hydrogen) atoms. The molecule has 0 unspecified atom stereocenters. The molecule has 0 bridgehead atoms. The summed E-state index contributed by atoms with van der Waals surface area (Å²) in [6.07, 6.45) is 3.41. The van der Waals surface area contributed by atoms with Crippen molar-refractivity contribution in [1.82, 2.24) is 14.8 Å². The van der Waals surface area contributed by atoms with E-state index >= 15 is 0 Å². The van der Waals surface area contributed by atoms with Gasteiger partial charge in [-0.3, -0.25) is 9.48 Å². The summed E-state index contributed by atoms with van der Waals surface area (Å²) in [6, 6.07) is 5.76. The van der Waals surface area contributed by atoms with E-state index in [9.17, 15) is 4.79 Å². The molecule has 5 nitrogen and oxygen atoms in total. The lowest BCUT2D eigenvalue weighted by molar-refractivity contribution is -0.116. The van der Waals surface area contributed by atoms with E-state index in [1.54, 1.807) is 11.0 Å². The van der Waals surface area contributed by atoms with Gasteiger partial charge < -0.3 is 5.32 Å². The number of carbonyl (C=O) groups is 1. The smallest absolute Gasteiger partial charge is 0.226 e. The fourth-order valence-electron chi connectivity index (χ4n) is 1.52. The van der Waals surface area contributed by atoms with Crippen molar-refractivity contribution in [1.29, 1.82) is 0 Å². The monoisotopic (exact) mass is 308 g/mol. The second-order valence-electron chi connectivity index (χ2n) is 3.89. The number of hydrogen-bond acceptors (Lipinski definition) is 3. The normalized spacial score (nSPS) is 10.3. The maximum atomic E-state index is 11.8. The number of benzene rings is 1. The molecule has 0 saturated heterocycles. The van der Waals surface area contributed by atoms with E-state index in [2.05, 4.69) is 31.3 Å². The van der Waals surface area contributed by atoms with E-state index in [4.69, 9.17) is 0 Å². The number of amides is 1. The maximum Gasteiger partial charge on any atom is 0.226 e. The number of nitrogens with one attached hydrogen (secondary N) is 1. The summed E-state index contributed by atoms with van der Waals surface area (Å²) >= 11 is 3.46. The first kappa shape index (κ1) is 12.8. The SMILES string of the molecule is Cc1cccc(NC(=O)CCn2cncn2)c1Br. The highest BCUT2D eigenvalue weighted by molar-refractivity contribution is 9.10. The van der Waals surface area contributed by atoms with Crippen molar-refractivity contribution in [2.24, 2.45) is 0 Å². The molecule has 0 fully saturated rings. The van der Waals surface area contributed by atoms with Crippen molar-refractivity contribution in [3.05, 3.63) is 40.9 Å². The highest BCUT2D eigenvalue weighted by Gasteiger charge is 2.07. The van der Waals surface area contributed by atoms with Gasteiger partial charge in [0, 0.05) is 10.9 Å². The van der Waals surface area contributed by atoms with Crippen LogP contribution in [0.25, 0.3) is 0 Å². The molecule has 0 radical (unpaired) electrons. The zero-order valence-corrected chi connectivity index (χ0v) is 11.5. The van der Waals surface area contributed by atoms with Crippen LogP contribution in [0.1, 0.15) is 12.0 Å². The van der Waals surface area contributed by atoms with E-state index in [-0.39, 0.29) is 5.91 Å². The van der Waals surface area contributed by atoms with Crippen molar-refractivity contribution in [3.8, 4) is 0 Å². The Morgan fingerprint density at radius 3 is 3.06 bits per heavy atom. The van der Waals surface area contributed by atoms with Crippen LogP contribution in [0.4, 0.5) is 5.69 Å². The summed E-state index contributed by atoms with van der Waals surface area (Å²) in [4.78, 5) is 15.6. The van der Waals surface area contributed by atoms with E-state index in [0.29, 0.717) is 13.0 Å². The minimum Gasteiger partial charge on any atom is -0.325 e. The standard InChI is InChI=1S/C12H13BrN4O/c1-9-3-2-4-10(12(9)13)16-11(18)5-6-17-8-14-7-15-17/h2-4,7-8H,5-6H2,1H3,(H,16,18). The first-order chi connectivity index (χ1) is 8.66. The molecule has 0 aliphatic rings. The topological polar surface area (TPSA) is 59.8 Å². The van der Waals surface area contributed by atoms with E-state index in [1.807, 2.05) is 25.1 Å². The number of anilines is 1. The number of carbonyl (C=O) groups excluding carboxylic acids is 1. The Hall–Kier alpha value is -1.69. The molecule has 1 N–H and O–H groups in total. The highest BCUT2D eigenvalue weighted by Crippen LogP contribution is 2.25. The molecule has 6 heteroatoms. The van der Waals surface area contributed by atoms with Crippen LogP contribution in [0.3, 0.4) is 0 Å². The number of rotatable bonds is 4. The van der Waals surface area contributed by atoms with Crippen LogP contribution in [0.5, 0.6) is 0 Å². The zero-order chi connectivity index (χ0) is 13.0. The van der Waals surface area contributed by atoms with E-state index in [0.717, 1.165) is 15.7 Å². The molecule has 1 amide bonds. The van der Waals surface area contributed by atoms with Crippen molar-refractivity contribution < 1.29 is 4.79 Å². The number of nitrogens with zero attached hydrogens (tertiary/aromatic N) is 3. The summed E-state index contributed by atoms with van der Waals surface area (Å²) in [5.74, 6) is -0.0446. The van der Waals surface area contributed by atoms with Crippen LogP contribution in [-0.2, 0) is 11.3 Å². The first-order valence-electron chi connectivity index (χ1n) is 5.54. The molecule has 1 heterocycles.